The van der Waals surface area contributed by atoms with E-state index in [0.29, 0.717) is 12.0 Å². The van der Waals surface area contributed by atoms with E-state index in [9.17, 15) is 0 Å². The van der Waals surface area contributed by atoms with Crippen molar-refractivity contribution in [3.05, 3.63) is 0 Å². The molecule has 1 aliphatic carbocycles. The predicted octanol–water partition coefficient (Wildman–Crippen LogP) is -0.674. The maximum Gasteiger partial charge on any atom is 0.0474 e. The van der Waals surface area contributed by atoms with Gasteiger partial charge in [0, 0.05) is 12.6 Å². The molecule has 0 amide bonds. The van der Waals surface area contributed by atoms with Crippen molar-refractivity contribution in [3.8, 4) is 0 Å². The van der Waals surface area contributed by atoms with Crippen LogP contribution in [-0.4, -0.2) is 17.8 Å². The quantitative estimate of drug-likeness (QED) is 0.445. The van der Waals surface area contributed by atoms with E-state index in [0.717, 1.165) is 6.42 Å². The fourth-order valence-electron chi connectivity index (χ4n) is 0.481. The van der Waals surface area contributed by atoms with Crippen LogP contribution in [0, 0.1) is 5.92 Å². The molecule has 0 aliphatic heterocycles. The van der Waals surface area contributed by atoms with Crippen LogP contribution in [0.5, 0.6) is 0 Å². The van der Waals surface area contributed by atoms with Gasteiger partial charge < -0.3 is 10.8 Å². The van der Waals surface area contributed by atoms with Crippen molar-refractivity contribution in [2.45, 2.75) is 12.5 Å². The Balaban J connectivity index is 2.09. The van der Waals surface area contributed by atoms with Crippen LogP contribution in [0.1, 0.15) is 6.42 Å². The Labute approximate surface area is 37.0 Å². The van der Waals surface area contributed by atoms with Gasteiger partial charge in [0.2, 0.25) is 0 Å². The van der Waals surface area contributed by atoms with Gasteiger partial charge in [0.15, 0.2) is 0 Å². The second-order valence-corrected chi connectivity index (χ2v) is 1.84. The molecular weight excluding hydrogens is 78.0 g/mol. The summed E-state index contributed by atoms with van der Waals surface area (Å²) < 4.78 is 0. The maximum absolute atomic E-state index is 8.30. The highest BCUT2D eigenvalue weighted by molar-refractivity contribution is 4.88. The largest absolute Gasteiger partial charge is 0.396 e. The SMILES string of the molecule is NC1C[C@H]1CO. The second kappa shape index (κ2) is 1.21. The van der Waals surface area contributed by atoms with Crippen LogP contribution in [0.15, 0.2) is 0 Å². The molecule has 36 valence electrons. The molecule has 1 fully saturated rings. The van der Waals surface area contributed by atoms with Gasteiger partial charge in [-0.25, -0.2) is 0 Å². The van der Waals surface area contributed by atoms with Crippen molar-refractivity contribution in [1.29, 1.82) is 0 Å². The topological polar surface area (TPSA) is 46.2 Å². The molecule has 0 heterocycles. The van der Waals surface area contributed by atoms with Gasteiger partial charge in [0.05, 0.1) is 0 Å². The van der Waals surface area contributed by atoms with Crippen LogP contribution in [0.3, 0.4) is 0 Å². The zero-order chi connectivity index (χ0) is 4.57. The fraction of sp³-hybridized carbons (Fsp3) is 1.00. The first-order valence-corrected chi connectivity index (χ1v) is 2.21. The third kappa shape index (κ3) is 0.533. The van der Waals surface area contributed by atoms with E-state index in [-0.39, 0.29) is 6.61 Å². The van der Waals surface area contributed by atoms with E-state index in [4.69, 9.17) is 10.8 Å². The molecule has 2 atom stereocenters. The Hall–Kier alpha value is -0.0800. The molecular formula is C4H9NO. The second-order valence-electron chi connectivity index (χ2n) is 1.84. The third-order valence-electron chi connectivity index (χ3n) is 1.21. The number of nitrogens with two attached hydrogens (primary N) is 1. The van der Waals surface area contributed by atoms with Gasteiger partial charge in [-0.3, -0.25) is 0 Å². The average molecular weight is 87.1 g/mol. The molecule has 3 N–H and O–H groups in total. The van der Waals surface area contributed by atoms with Crippen molar-refractivity contribution < 1.29 is 5.11 Å². The van der Waals surface area contributed by atoms with Crippen LogP contribution in [0.4, 0.5) is 0 Å². The summed E-state index contributed by atoms with van der Waals surface area (Å²) in [6.45, 7) is 0.279. The van der Waals surface area contributed by atoms with Crippen molar-refractivity contribution in [3.63, 3.8) is 0 Å². The molecule has 1 aliphatic rings. The molecule has 0 aromatic carbocycles. The summed E-state index contributed by atoms with van der Waals surface area (Å²) in [4.78, 5) is 0. The van der Waals surface area contributed by atoms with E-state index >= 15 is 0 Å². The Kier molecular flexibility index (Phi) is 0.821. The zero-order valence-electron chi connectivity index (χ0n) is 3.59. The number of rotatable bonds is 1. The van der Waals surface area contributed by atoms with Gasteiger partial charge in [0.25, 0.3) is 0 Å². The van der Waals surface area contributed by atoms with Crippen LogP contribution < -0.4 is 5.73 Å². The highest BCUT2D eigenvalue weighted by atomic mass is 16.3. The zero-order valence-corrected chi connectivity index (χ0v) is 3.59. The molecule has 0 bridgehead atoms. The summed E-state index contributed by atoms with van der Waals surface area (Å²) in [5.74, 6) is 0.435. The molecule has 1 rings (SSSR count). The molecule has 0 spiro atoms. The molecule has 6 heavy (non-hydrogen) atoms. The number of aliphatic hydroxyl groups is 1. The van der Waals surface area contributed by atoms with Gasteiger partial charge in [-0.2, -0.15) is 0 Å². The van der Waals surface area contributed by atoms with E-state index < -0.39 is 0 Å². The van der Waals surface area contributed by atoms with Crippen LogP contribution >= 0.6 is 0 Å². The lowest BCUT2D eigenvalue weighted by Crippen LogP contribution is -2.03. The van der Waals surface area contributed by atoms with Crippen LogP contribution in [-0.2, 0) is 0 Å². The Morgan fingerprint density at radius 3 is 2.33 bits per heavy atom. The van der Waals surface area contributed by atoms with Gasteiger partial charge in [0.1, 0.15) is 0 Å². The Morgan fingerprint density at radius 1 is 1.83 bits per heavy atom. The summed E-state index contributed by atoms with van der Waals surface area (Å²) >= 11 is 0. The van der Waals surface area contributed by atoms with Crippen LogP contribution in [0.2, 0.25) is 0 Å². The van der Waals surface area contributed by atoms with Crippen molar-refractivity contribution in [1.82, 2.24) is 0 Å². The molecule has 0 aromatic heterocycles. The van der Waals surface area contributed by atoms with Crippen molar-refractivity contribution in [2.75, 3.05) is 6.61 Å². The maximum atomic E-state index is 8.30. The van der Waals surface area contributed by atoms with Gasteiger partial charge in [-0.1, -0.05) is 0 Å². The molecule has 1 saturated carbocycles. The van der Waals surface area contributed by atoms with Gasteiger partial charge >= 0.3 is 0 Å². The third-order valence-corrected chi connectivity index (χ3v) is 1.21. The number of aliphatic hydroxyl groups excluding tert-OH is 1. The van der Waals surface area contributed by atoms with Gasteiger partial charge in [-0.05, 0) is 12.3 Å². The normalized spacial score (nSPS) is 43.0. The predicted molar refractivity (Wildman–Crippen MR) is 23.2 cm³/mol. The molecule has 2 heteroatoms. The average Bonchev–Trinajstić information content (AvgIpc) is 2.19. The van der Waals surface area contributed by atoms with E-state index in [2.05, 4.69) is 0 Å². The minimum absolute atomic E-state index is 0.279. The van der Waals surface area contributed by atoms with Crippen molar-refractivity contribution in [2.24, 2.45) is 11.7 Å². The Bertz CT molecular complexity index is 53.5. The first kappa shape index (κ1) is 4.09. The first-order chi connectivity index (χ1) is 2.84. The monoisotopic (exact) mass is 87.1 g/mol. The lowest BCUT2D eigenvalue weighted by Gasteiger charge is -1.79. The lowest BCUT2D eigenvalue weighted by molar-refractivity contribution is 0.274. The van der Waals surface area contributed by atoms with Crippen LogP contribution in [0.25, 0.3) is 0 Å². The molecule has 2 nitrogen and oxygen atoms in total. The van der Waals surface area contributed by atoms with Crippen molar-refractivity contribution >= 4 is 0 Å². The standard InChI is InChI=1S/C4H9NO/c5-4-1-3(4)2-6/h3-4,6H,1-2,5H2/t3-,4?/m0/s1. The highest BCUT2D eigenvalue weighted by Crippen LogP contribution is 2.25. The summed E-state index contributed by atoms with van der Waals surface area (Å²) in [6.07, 6.45) is 1.02. The molecule has 1 unspecified atom stereocenters. The summed E-state index contributed by atoms with van der Waals surface area (Å²) in [5, 5.41) is 8.30. The minimum Gasteiger partial charge on any atom is -0.396 e. The molecule has 0 aromatic rings. The summed E-state index contributed by atoms with van der Waals surface area (Å²) in [5.41, 5.74) is 5.32. The number of hydrogen-bond donors (Lipinski definition) is 2. The smallest absolute Gasteiger partial charge is 0.0474 e. The summed E-state index contributed by atoms with van der Waals surface area (Å²) in [7, 11) is 0. The summed E-state index contributed by atoms with van der Waals surface area (Å²) in [6, 6.07) is 0.315. The van der Waals surface area contributed by atoms with E-state index in [1.54, 1.807) is 0 Å². The minimum atomic E-state index is 0.279. The fourth-order valence-corrected chi connectivity index (χ4v) is 0.481. The molecule has 0 radical (unpaired) electrons. The van der Waals surface area contributed by atoms with E-state index in [1.807, 2.05) is 0 Å². The van der Waals surface area contributed by atoms with Gasteiger partial charge in [-0.15, -0.1) is 0 Å². The number of hydrogen-bond acceptors (Lipinski definition) is 2. The lowest BCUT2D eigenvalue weighted by atomic mass is 10.4. The Morgan fingerprint density at radius 2 is 2.33 bits per heavy atom. The first-order valence-electron chi connectivity index (χ1n) is 2.21. The highest BCUT2D eigenvalue weighted by Gasteiger charge is 2.31. The van der Waals surface area contributed by atoms with E-state index in [1.165, 1.54) is 0 Å². The molecule has 0 saturated heterocycles.